The minimum Gasteiger partial charge on any atom is -0.440 e. The normalized spacial score (nSPS) is 17.1. The van der Waals surface area contributed by atoms with Gasteiger partial charge in [0.05, 0.1) is 44.1 Å². The topological polar surface area (TPSA) is 245 Å². The SMILES string of the molecule is CC(CO)(COCC(C)(C)OC(=O)NS(=O)(=O)N1CC=C(c2ccc(NC(=O)N3Cc4cncnc4C3)cc2)CC1)NC(=O)C(=O)N1CCC(c2ccc(NC(=O)N3Cc4ccc(F)cc4C3)cc2)CC1. The fourth-order valence-electron chi connectivity index (χ4n) is 8.89. The summed E-state index contributed by atoms with van der Waals surface area (Å²) in [6, 6.07) is 18.7. The zero-order valence-electron chi connectivity index (χ0n) is 39.7. The fraction of sp³-hybridized carbons (Fsp3) is 0.408. The third-order valence-corrected chi connectivity index (χ3v) is 14.3. The molecule has 5 heterocycles. The van der Waals surface area contributed by atoms with Crippen molar-refractivity contribution < 1.29 is 51.4 Å². The van der Waals surface area contributed by atoms with E-state index in [9.17, 15) is 41.9 Å². The van der Waals surface area contributed by atoms with E-state index in [1.54, 1.807) is 40.3 Å². The molecule has 1 fully saturated rings. The lowest BCUT2D eigenvalue weighted by molar-refractivity contribution is -0.148. The van der Waals surface area contributed by atoms with Gasteiger partial charge in [0, 0.05) is 62.4 Å². The molecule has 0 aliphatic carbocycles. The zero-order valence-corrected chi connectivity index (χ0v) is 40.5. The summed E-state index contributed by atoms with van der Waals surface area (Å²) in [6.45, 7) is 5.64. The molecule has 376 valence electrons. The second kappa shape index (κ2) is 21.1. The van der Waals surface area contributed by atoms with Gasteiger partial charge in [-0.3, -0.25) is 9.59 Å². The highest BCUT2D eigenvalue weighted by Gasteiger charge is 2.36. The van der Waals surface area contributed by atoms with Gasteiger partial charge in [0.25, 0.3) is 0 Å². The largest absolute Gasteiger partial charge is 0.440 e. The second-order valence-corrected chi connectivity index (χ2v) is 20.7. The predicted molar refractivity (Wildman–Crippen MR) is 258 cm³/mol. The molecule has 22 heteroatoms. The van der Waals surface area contributed by atoms with E-state index >= 15 is 0 Å². The molecule has 7 amide bonds. The Hall–Kier alpha value is -7.01. The van der Waals surface area contributed by atoms with Crippen molar-refractivity contribution in [1.29, 1.82) is 0 Å². The van der Waals surface area contributed by atoms with Gasteiger partial charge in [0.15, 0.2) is 0 Å². The summed E-state index contributed by atoms with van der Waals surface area (Å²) < 4.78 is 54.2. The van der Waals surface area contributed by atoms with Crippen LogP contribution in [0.4, 0.5) is 30.1 Å². The van der Waals surface area contributed by atoms with E-state index in [0.717, 1.165) is 43.4 Å². The molecule has 8 rings (SSSR count). The number of urea groups is 2. The van der Waals surface area contributed by atoms with Crippen LogP contribution in [0, 0.1) is 5.82 Å². The molecule has 4 aliphatic heterocycles. The first-order chi connectivity index (χ1) is 33.9. The molecule has 20 nitrogen and oxygen atoms in total. The van der Waals surface area contributed by atoms with Gasteiger partial charge in [-0.05, 0) is 110 Å². The van der Waals surface area contributed by atoms with Gasteiger partial charge in [-0.25, -0.2) is 33.5 Å². The summed E-state index contributed by atoms with van der Waals surface area (Å²) in [4.78, 5) is 77.9. The molecule has 1 atom stereocenters. The number of anilines is 2. The number of carbonyl (C=O) groups is 5. The van der Waals surface area contributed by atoms with Crippen LogP contribution in [-0.2, 0) is 55.5 Å². The molecule has 3 aromatic carbocycles. The van der Waals surface area contributed by atoms with Crippen LogP contribution >= 0.6 is 0 Å². The number of aromatic nitrogens is 2. The van der Waals surface area contributed by atoms with Crippen LogP contribution in [0.1, 0.15) is 79.5 Å². The van der Waals surface area contributed by atoms with Crippen molar-refractivity contribution in [1.82, 2.24) is 39.0 Å². The highest BCUT2D eigenvalue weighted by Crippen LogP contribution is 2.31. The molecule has 1 saturated heterocycles. The summed E-state index contributed by atoms with van der Waals surface area (Å²) >= 11 is 0. The van der Waals surface area contributed by atoms with E-state index in [-0.39, 0.29) is 50.1 Å². The number of nitrogens with one attached hydrogen (secondary N) is 4. The molecule has 1 unspecified atom stereocenters. The molecule has 5 N–H and O–H groups in total. The van der Waals surface area contributed by atoms with Gasteiger partial charge >= 0.3 is 40.2 Å². The number of ether oxygens (including phenoxy) is 2. The molecule has 0 saturated carbocycles. The molecule has 0 radical (unpaired) electrons. The number of aliphatic hydroxyl groups is 1. The average Bonchev–Trinajstić information content (AvgIpc) is 3.99. The number of carbonyl (C=O) groups excluding carboxylic acids is 5. The van der Waals surface area contributed by atoms with Gasteiger partial charge < -0.3 is 45.2 Å². The zero-order chi connectivity index (χ0) is 50.5. The second-order valence-electron chi connectivity index (χ2n) is 19.0. The van der Waals surface area contributed by atoms with Gasteiger partial charge in [0.1, 0.15) is 17.7 Å². The molecule has 71 heavy (non-hydrogen) atoms. The molecule has 4 aliphatic rings. The van der Waals surface area contributed by atoms with E-state index in [1.807, 2.05) is 41.1 Å². The summed E-state index contributed by atoms with van der Waals surface area (Å²) in [5, 5.41) is 18.6. The van der Waals surface area contributed by atoms with Crippen molar-refractivity contribution in [2.24, 2.45) is 0 Å². The Morgan fingerprint density at radius 3 is 2.10 bits per heavy atom. The number of likely N-dealkylation sites (tertiary alicyclic amines) is 1. The summed E-state index contributed by atoms with van der Waals surface area (Å²) in [7, 11) is -4.30. The summed E-state index contributed by atoms with van der Waals surface area (Å²) in [5.41, 5.74) is 4.67. The molecule has 1 aromatic heterocycles. The highest BCUT2D eigenvalue weighted by molar-refractivity contribution is 7.87. The molecular weight excluding hydrogens is 940 g/mol. The summed E-state index contributed by atoms with van der Waals surface area (Å²) in [6.07, 6.45) is 5.24. The number of hydrogen-bond donors (Lipinski definition) is 5. The van der Waals surface area contributed by atoms with Crippen molar-refractivity contribution in [3.8, 4) is 0 Å². The first kappa shape index (κ1) is 50.4. The number of halogens is 1. The van der Waals surface area contributed by atoms with E-state index in [2.05, 4.69) is 25.9 Å². The van der Waals surface area contributed by atoms with E-state index < -0.39 is 45.9 Å². The number of hydrogen-bond acceptors (Lipinski definition) is 12. The first-order valence-corrected chi connectivity index (χ1v) is 24.7. The Labute approximate surface area is 410 Å². The standard InChI is InChI=1S/C49H57FN10O10S/c1-48(2,70-47(66)56-71(67,68)60-20-16-35(17-21-60)33-7-12-41(13-8-33)54-46(65)59-26-38-23-51-31-52-42(38)27-59)29-69-30-49(3,28-61)55-43(62)44(63)57-18-14-34(15-19-57)32-5-10-40(11-6-32)53-45(64)58-24-36-4-9-39(50)22-37(36)25-58/h4-13,16,22-23,31,34,61H,14-15,17-21,24-30H2,1-3H3,(H,53,64)(H,54,65)(H,55,62)(H,56,66). The lowest BCUT2D eigenvalue weighted by Crippen LogP contribution is -2.57. The fourth-order valence-corrected chi connectivity index (χ4v) is 9.88. The first-order valence-electron chi connectivity index (χ1n) is 23.2. The molecule has 0 spiro atoms. The number of benzene rings is 3. The van der Waals surface area contributed by atoms with Crippen molar-refractivity contribution >= 4 is 57.1 Å². The van der Waals surface area contributed by atoms with Gasteiger partial charge in [-0.1, -0.05) is 36.4 Å². The lowest BCUT2D eigenvalue weighted by atomic mass is 9.89. The van der Waals surface area contributed by atoms with Crippen molar-refractivity contribution in [2.45, 2.75) is 83.3 Å². The maximum Gasteiger partial charge on any atom is 0.422 e. The van der Waals surface area contributed by atoms with Crippen molar-refractivity contribution in [3.05, 3.63) is 125 Å². The van der Waals surface area contributed by atoms with Crippen LogP contribution in [0.25, 0.3) is 5.57 Å². The minimum atomic E-state index is -4.30. The number of aliphatic hydroxyl groups excluding tert-OH is 1. The average molecular weight is 997 g/mol. The van der Waals surface area contributed by atoms with Crippen LogP contribution in [0.5, 0.6) is 0 Å². The van der Waals surface area contributed by atoms with Gasteiger partial charge in [0.2, 0.25) is 0 Å². The lowest BCUT2D eigenvalue weighted by Gasteiger charge is -2.34. The Bertz CT molecular complexity index is 2780. The number of rotatable bonds is 13. The number of amides is 7. The Morgan fingerprint density at radius 2 is 1.45 bits per heavy atom. The van der Waals surface area contributed by atoms with E-state index in [0.29, 0.717) is 69.9 Å². The van der Waals surface area contributed by atoms with Gasteiger partial charge in [-0.2, -0.15) is 12.7 Å². The van der Waals surface area contributed by atoms with Crippen LogP contribution in [0.3, 0.4) is 0 Å². The Kier molecular flexibility index (Phi) is 15.0. The van der Waals surface area contributed by atoms with Crippen LogP contribution in [0.15, 0.2) is 85.3 Å². The summed E-state index contributed by atoms with van der Waals surface area (Å²) in [5.74, 6) is -1.90. The highest BCUT2D eigenvalue weighted by atomic mass is 32.2. The number of nitrogens with zero attached hydrogens (tertiary/aromatic N) is 6. The molecule has 4 aromatic rings. The minimum absolute atomic E-state index is 0.00568. The number of fused-ring (bicyclic) bond motifs is 2. The third-order valence-electron chi connectivity index (χ3n) is 12.9. The van der Waals surface area contributed by atoms with Crippen molar-refractivity contribution in [2.75, 3.05) is 56.6 Å². The smallest absolute Gasteiger partial charge is 0.422 e. The molecular formula is C49H57FN10O10S. The monoisotopic (exact) mass is 996 g/mol. The number of piperidine rings is 1. The maximum atomic E-state index is 13.6. The van der Waals surface area contributed by atoms with Crippen LogP contribution in [0.2, 0.25) is 0 Å². The third kappa shape index (κ3) is 12.5. The maximum absolute atomic E-state index is 13.6. The van der Waals surface area contributed by atoms with Crippen molar-refractivity contribution in [3.63, 3.8) is 0 Å². The molecule has 0 bridgehead atoms. The van der Waals surface area contributed by atoms with Crippen LogP contribution < -0.4 is 20.7 Å². The van der Waals surface area contributed by atoms with Gasteiger partial charge in [-0.15, -0.1) is 0 Å². The Morgan fingerprint density at radius 1 is 0.803 bits per heavy atom. The predicted octanol–water partition coefficient (Wildman–Crippen LogP) is 4.84. The van der Waals surface area contributed by atoms with E-state index in [1.165, 1.54) is 44.1 Å². The quantitative estimate of drug-likeness (QED) is 0.113. The van der Waals surface area contributed by atoms with E-state index in [4.69, 9.17) is 9.47 Å². The Balaban J connectivity index is 0.726. The van der Waals surface area contributed by atoms with Crippen LogP contribution in [-0.4, -0.2) is 130 Å².